The molecule has 1 fully saturated rings. The van der Waals surface area contributed by atoms with Crippen molar-refractivity contribution in [2.24, 2.45) is 5.41 Å². The van der Waals surface area contributed by atoms with Gasteiger partial charge in [-0.15, -0.1) is 0 Å². The highest BCUT2D eigenvalue weighted by atomic mass is 35.5. The molecule has 7 nitrogen and oxygen atoms in total. The van der Waals surface area contributed by atoms with Crippen LogP contribution in [0.5, 0.6) is 17.2 Å². The van der Waals surface area contributed by atoms with Crippen LogP contribution < -0.4 is 19.1 Å². The molecule has 2 heterocycles. The number of hydrogen-bond acceptors (Lipinski definition) is 7. The molecule has 2 aliphatic heterocycles. The van der Waals surface area contributed by atoms with E-state index in [1.165, 1.54) is 21.3 Å². The van der Waals surface area contributed by atoms with Crippen LogP contribution in [-0.4, -0.2) is 50.8 Å². The molecule has 1 saturated heterocycles. The number of carbonyl (C=O) groups is 3. The van der Waals surface area contributed by atoms with Gasteiger partial charge in [0.05, 0.1) is 27.4 Å². The predicted molar refractivity (Wildman–Crippen MR) is 168 cm³/mol. The van der Waals surface area contributed by atoms with E-state index in [4.69, 9.17) is 25.8 Å². The molecule has 3 aliphatic rings. The number of ether oxygens (including phenoxy) is 3. The minimum Gasteiger partial charge on any atom is -0.493 e. The number of hydrogen-bond donors (Lipinski definition) is 0. The van der Waals surface area contributed by atoms with E-state index in [1.54, 1.807) is 60.7 Å². The highest BCUT2D eigenvalue weighted by molar-refractivity contribution is 6.32. The Labute approximate surface area is 259 Å². The second-order valence-corrected chi connectivity index (χ2v) is 11.5. The average Bonchev–Trinajstić information content (AvgIpc) is 3.49. The van der Waals surface area contributed by atoms with Gasteiger partial charge in [0.25, 0.3) is 0 Å². The zero-order valence-corrected chi connectivity index (χ0v) is 25.0. The molecule has 220 valence electrons. The Morgan fingerprint density at radius 3 is 2.05 bits per heavy atom. The summed E-state index contributed by atoms with van der Waals surface area (Å²) in [6.45, 7) is 0. The lowest BCUT2D eigenvalue weighted by Gasteiger charge is -2.37. The minimum atomic E-state index is -1.69. The van der Waals surface area contributed by atoms with Crippen molar-refractivity contribution in [3.8, 4) is 17.2 Å². The molecule has 8 heteroatoms. The molecule has 0 radical (unpaired) electrons. The Balaban J connectivity index is 1.59. The van der Waals surface area contributed by atoms with Gasteiger partial charge in [0.2, 0.25) is 5.75 Å². The third kappa shape index (κ3) is 3.65. The molecule has 0 bridgehead atoms. The summed E-state index contributed by atoms with van der Waals surface area (Å²) in [5.41, 5.74) is 1.53. The number of carbonyl (C=O) groups excluding carboxylic acids is 3. The van der Waals surface area contributed by atoms with Crippen molar-refractivity contribution in [3.05, 3.63) is 124 Å². The van der Waals surface area contributed by atoms with Crippen molar-refractivity contribution in [2.75, 3.05) is 26.2 Å². The number of halogens is 1. The third-order valence-corrected chi connectivity index (χ3v) is 9.43. The summed E-state index contributed by atoms with van der Waals surface area (Å²) in [6, 6.07) is 23.0. The number of para-hydroxylation sites is 1. The molecule has 4 aromatic carbocycles. The van der Waals surface area contributed by atoms with E-state index in [1.807, 2.05) is 41.3 Å². The van der Waals surface area contributed by atoms with Crippen LogP contribution in [0.25, 0.3) is 6.08 Å². The molecule has 0 N–H and O–H groups in total. The predicted octanol–water partition coefficient (Wildman–Crippen LogP) is 6.68. The van der Waals surface area contributed by atoms with Crippen molar-refractivity contribution < 1.29 is 28.6 Å². The maximum Gasteiger partial charge on any atom is 0.203 e. The SMILES string of the molecule is COc1ccc([C@H]2[C@@H](C(=O)c3ccc(Cl)cc3)N3c4ccccc4C=C[C@@H]3C23C(=O)c2ccccc2C3=O)c(OC)c1OC. The highest BCUT2D eigenvalue weighted by Crippen LogP contribution is 2.63. The van der Waals surface area contributed by atoms with Gasteiger partial charge in [-0.25, -0.2) is 0 Å². The van der Waals surface area contributed by atoms with Crippen LogP contribution in [0.3, 0.4) is 0 Å². The Morgan fingerprint density at radius 2 is 1.41 bits per heavy atom. The average molecular weight is 606 g/mol. The molecule has 3 atom stereocenters. The smallest absolute Gasteiger partial charge is 0.203 e. The largest absolute Gasteiger partial charge is 0.493 e. The second kappa shape index (κ2) is 10.4. The summed E-state index contributed by atoms with van der Waals surface area (Å²) < 4.78 is 17.3. The van der Waals surface area contributed by atoms with Crippen molar-refractivity contribution >= 4 is 40.7 Å². The first-order chi connectivity index (χ1) is 21.4. The quantitative estimate of drug-likeness (QED) is 0.179. The number of fused-ring (bicyclic) bond motifs is 5. The van der Waals surface area contributed by atoms with E-state index in [0.29, 0.717) is 44.5 Å². The molecule has 0 unspecified atom stereocenters. The first-order valence-electron chi connectivity index (χ1n) is 14.2. The minimum absolute atomic E-state index is 0.257. The lowest BCUT2D eigenvalue weighted by atomic mass is 9.64. The molecule has 0 aromatic heterocycles. The topological polar surface area (TPSA) is 82.1 Å². The Kier molecular flexibility index (Phi) is 6.59. The monoisotopic (exact) mass is 605 g/mol. The summed E-state index contributed by atoms with van der Waals surface area (Å²) in [6.07, 6.45) is 3.82. The fourth-order valence-electron chi connectivity index (χ4n) is 7.41. The standard InChI is InChI=1S/C36H28ClNO6/c1-42-27-18-17-25(32(43-2)33(27)44-3)29-30(31(39)21-12-15-22(37)16-13-21)38-26-11-7-4-8-20(26)14-19-28(38)36(29)34(40)23-9-5-6-10-24(23)35(36)41/h4-19,28-30H,1-3H3/t28-,29+,30+/m1/s1. The first-order valence-corrected chi connectivity index (χ1v) is 14.6. The Hall–Kier alpha value is -4.88. The lowest BCUT2D eigenvalue weighted by Crippen LogP contribution is -2.48. The molecular formula is C36H28ClNO6. The van der Waals surface area contributed by atoms with Gasteiger partial charge in [-0.2, -0.15) is 0 Å². The van der Waals surface area contributed by atoms with Crippen LogP contribution in [-0.2, 0) is 0 Å². The van der Waals surface area contributed by atoms with Crippen molar-refractivity contribution in [1.29, 1.82) is 0 Å². The van der Waals surface area contributed by atoms with Crippen LogP contribution in [0.15, 0.2) is 91.0 Å². The van der Waals surface area contributed by atoms with Gasteiger partial charge in [-0.3, -0.25) is 14.4 Å². The molecule has 44 heavy (non-hydrogen) atoms. The van der Waals surface area contributed by atoms with Crippen LogP contribution in [0.4, 0.5) is 5.69 Å². The molecule has 1 spiro atoms. The van der Waals surface area contributed by atoms with E-state index in [9.17, 15) is 14.4 Å². The molecular weight excluding hydrogens is 578 g/mol. The first kappa shape index (κ1) is 27.9. The summed E-state index contributed by atoms with van der Waals surface area (Å²) in [4.78, 5) is 46.6. The second-order valence-electron chi connectivity index (χ2n) is 11.1. The Bertz CT molecular complexity index is 1850. The van der Waals surface area contributed by atoms with E-state index in [-0.39, 0.29) is 17.3 Å². The number of Topliss-reactive ketones (excluding diaryl/α,β-unsaturated/α-hetero) is 3. The van der Waals surface area contributed by atoms with E-state index in [2.05, 4.69) is 0 Å². The number of anilines is 1. The van der Waals surface area contributed by atoms with Gasteiger partial charge in [-0.1, -0.05) is 72.3 Å². The molecule has 7 rings (SSSR count). The summed E-state index contributed by atoms with van der Waals surface area (Å²) in [5.74, 6) is -0.886. The summed E-state index contributed by atoms with van der Waals surface area (Å²) in [7, 11) is 4.51. The van der Waals surface area contributed by atoms with Crippen LogP contribution in [0.1, 0.15) is 48.1 Å². The van der Waals surface area contributed by atoms with E-state index >= 15 is 0 Å². The van der Waals surface area contributed by atoms with Gasteiger partial charge in [0.1, 0.15) is 11.5 Å². The molecule has 1 aliphatic carbocycles. The number of methoxy groups -OCH3 is 3. The third-order valence-electron chi connectivity index (χ3n) is 9.18. The maximum absolute atomic E-state index is 14.9. The van der Waals surface area contributed by atoms with Gasteiger partial charge < -0.3 is 19.1 Å². The number of ketones is 3. The van der Waals surface area contributed by atoms with Crippen molar-refractivity contribution in [1.82, 2.24) is 0 Å². The van der Waals surface area contributed by atoms with Gasteiger partial charge in [-0.05, 0) is 42.0 Å². The molecule has 0 saturated carbocycles. The fourth-order valence-corrected chi connectivity index (χ4v) is 7.54. The zero-order valence-electron chi connectivity index (χ0n) is 24.2. The van der Waals surface area contributed by atoms with Crippen LogP contribution >= 0.6 is 11.6 Å². The van der Waals surface area contributed by atoms with Gasteiger partial charge >= 0.3 is 0 Å². The normalized spacial score (nSPS) is 20.7. The molecule has 4 aromatic rings. The van der Waals surface area contributed by atoms with Crippen molar-refractivity contribution in [3.63, 3.8) is 0 Å². The number of rotatable bonds is 6. The zero-order chi connectivity index (χ0) is 30.7. The molecule has 0 amide bonds. The summed E-state index contributed by atoms with van der Waals surface area (Å²) in [5, 5.41) is 0.489. The lowest BCUT2D eigenvalue weighted by molar-refractivity contribution is 0.0664. The maximum atomic E-state index is 14.9. The van der Waals surface area contributed by atoms with Gasteiger partial charge in [0, 0.05) is 38.9 Å². The number of benzene rings is 4. The van der Waals surface area contributed by atoms with Crippen molar-refractivity contribution in [2.45, 2.75) is 18.0 Å². The van der Waals surface area contributed by atoms with Crippen LogP contribution in [0, 0.1) is 5.41 Å². The Morgan fingerprint density at radius 1 is 0.773 bits per heavy atom. The number of nitrogens with zero attached hydrogens (tertiary/aromatic N) is 1. The van der Waals surface area contributed by atoms with E-state index in [0.717, 1.165) is 11.3 Å². The van der Waals surface area contributed by atoms with Crippen LogP contribution in [0.2, 0.25) is 5.02 Å². The highest BCUT2D eigenvalue weighted by Gasteiger charge is 2.72. The fraction of sp³-hybridized carbons (Fsp3) is 0.194. The van der Waals surface area contributed by atoms with Gasteiger partial charge in [0.15, 0.2) is 28.8 Å². The van der Waals surface area contributed by atoms with E-state index < -0.39 is 23.4 Å². The summed E-state index contributed by atoms with van der Waals surface area (Å²) >= 11 is 6.21.